The predicted octanol–water partition coefficient (Wildman–Crippen LogP) is 4.23. The van der Waals surface area contributed by atoms with Crippen LogP contribution in [0.25, 0.3) is 11.4 Å². The number of aromatic nitrogens is 4. The number of pyridine rings is 1. The second kappa shape index (κ2) is 9.82. The van der Waals surface area contributed by atoms with Gasteiger partial charge < -0.3 is 14.8 Å². The zero-order valence-electron chi connectivity index (χ0n) is 18.6. The van der Waals surface area contributed by atoms with Crippen LogP contribution in [0, 0.1) is 5.92 Å². The summed E-state index contributed by atoms with van der Waals surface area (Å²) in [6.07, 6.45) is 8.31. The standard InChI is InChI=1S/C24H27N5O3S/c1-16-5-2-3-7-19(16)29-23(18-6-4-10-25-13-18)27-28-24(29)33-14-22(30)26-12-17-8-9-20-21(11-17)32-15-31-20/h4,6,8-11,13,16,19H,2-3,5,7,12,14-15H2,1H3,(H,26,30)/t16-,19+/m1/s1. The van der Waals surface area contributed by atoms with E-state index in [1.165, 1.54) is 31.0 Å². The molecule has 1 aromatic carbocycles. The van der Waals surface area contributed by atoms with E-state index in [4.69, 9.17) is 9.47 Å². The van der Waals surface area contributed by atoms with Crippen LogP contribution >= 0.6 is 11.8 Å². The van der Waals surface area contributed by atoms with Crippen molar-refractivity contribution in [3.8, 4) is 22.9 Å². The summed E-state index contributed by atoms with van der Waals surface area (Å²) in [5.41, 5.74) is 1.91. The van der Waals surface area contributed by atoms with Crippen LogP contribution < -0.4 is 14.8 Å². The van der Waals surface area contributed by atoms with Crippen LogP contribution in [0.2, 0.25) is 0 Å². The maximum absolute atomic E-state index is 12.6. The minimum Gasteiger partial charge on any atom is -0.454 e. The fourth-order valence-corrected chi connectivity index (χ4v) is 5.30. The monoisotopic (exact) mass is 465 g/mol. The van der Waals surface area contributed by atoms with E-state index in [0.717, 1.165) is 34.3 Å². The summed E-state index contributed by atoms with van der Waals surface area (Å²) in [4.78, 5) is 16.9. The number of rotatable bonds is 7. The van der Waals surface area contributed by atoms with E-state index in [1.54, 1.807) is 6.20 Å². The van der Waals surface area contributed by atoms with Crippen molar-refractivity contribution >= 4 is 17.7 Å². The third-order valence-electron chi connectivity index (χ3n) is 6.24. The molecule has 0 bridgehead atoms. The Morgan fingerprint density at radius 3 is 2.91 bits per heavy atom. The molecule has 33 heavy (non-hydrogen) atoms. The van der Waals surface area contributed by atoms with Gasteiger partial charge in [0, 0.05) is 30.5 Å². The summed E-state index contributed by atoms with van der Waals surface area (Å²) >= 11 is 1.43. The Balaban J connectivity index is 1.27. The first-order valence-electron chi connectivity index (χ1n) is 11.3. The highest BCUT2D eigenvalue weighted by Crippen LogP contribution is 2.39. The highest BCUT2D eigenvalue weighted by atomic mass is 32.2. The van der Waals surface area contributed by atoms with Gasteiger partial charge in [0.15, 0.2) is 22.5 Å². The van der Waals surface area contributed by atoms with Crippen molar-refractivity contribution in [1.82, 2.24) is 25.1 Å². The highest BCUT2D eigenvalue weighted by molar-refractivity contribution is 7.99. The maximum Gasteiger partial charge on any atom is 0.231 e. The molecular formula is C24H27N5O3S. The van der Waals surface area contributed by atoms with Gasteiger partial charge in [-0.2, -0.15) is 0 Å². The predicted molar refractivity (Wildman–Crippen MR) is 125 cm³/mol. The average molecular weight is 466 g/mol. The van der Waals surface area contributed by atoms with Gasteiger partial charge in [0.2, 0.25) is 12.7 Å². The Kier molecular flexibility index (Phi) is 6.48. The fourth-order valence-electron chi connectivity index (χ4n) is 4.48. The number of nitrogens with zero attached hydrogens (tertiary/aromatic N) is 4. The Morgan fingerprint density at radius 1 is 1.18 bits per heavy atom. The van der Waals surface area contributed by atoms with Crippen LogP contribution in [-0.2, 0) is 11.3 Å². The SMILES string of the molecule is C[C@@H]1CCCC[C@@H]1n1c(SCC(=O)NCc2ccc3c(c2)OCO3)nnc1-c1cccnc1. The first kappa shape index (κ1) is 21.8. The molecule has 172 valence electrons. The minimum atomic E-state index is -0.0492. The van der Waals surface area contributed by atoms with Crippen molar-refractivity contribution in [2.24, 2.45) is 5.92 Å². The molecule has 2 atom stereocenters. The fraction of sp³-hybridized carbons (Fsp3) is 0.417. The average Bonchev–Trinajstić information content (AvgIpc) is 3.49. The molecular weight excluding hydrogens is 438 g/mol. The quantitative estimate of drug-likeness (QED) is 0.522. The second-order valence-electron chi connectivity index (χ2n) is 8.50. The Bertz CT molecular complexity index is 1120. The first-order chi connectivity index (χ1) is 16.2. The Hall–Kier alpha value is -3.07. The van der Waals surface area contributed by atoms with Gasteiger partial charge in [-0.05, 0) is 48.6 Å². The second-order valence-corrected chi connectivity index (χ2v) is 9.44. The van der Waals surface area contributed by atoms with Gasteiger partial charge in [0.1, 0.15) is 0 Å². The number of amides is 1. The summed E-state index contributed by atoms with van der Waals surface area (Å²) in [5.74, 6) is 3.04. The van der Waals surface area contributed by atoms with Crippen LogP contribution in [0.5, 0.6) is 11.5 Å². The molecule has 1 amide bonds. The molecule has 8 nitrogen and oxygen atoms in total. The number of carbonyl (C=O) groups is 1. The van der Waals surface area contributed by atoms with Crippen molar-refractivity contribution in [1.29, 1.82) is 0 Å². The van der Waals surface area contributed by atoms with Gasteiger partial charge in [0.05, 0.1) is 5.75 Å². The molecule has 2 aliphatic rings. The van der Waals surface area contributed by atoms with E-state index in [2.05, 4.69) is 32.0 Å². The van der Waals surface area contributed by atoms with E-state index < -0.39 is 0 Å². The van der Waals surface area contributed by atoms with E-state index in [-0.39, 0.29) is 18.5 Å². The molecule has 0 saturated heterocycles. The van der Waals surface area contributed by atoms with Crippen LogP contribution in [0.4, 0.5) is 0 Å². The van der Waals surface area contributed by atoms with Crippen molar-refractivity contribution in [3.05, 3.63) is 48.3 Å². The molecule has 0 unspecified atom stereocenters. The third kappa shape index (κ3) is 4.83. The molecule has 0 radical (unpaired) electrons. The zero-order chi connectivity index (χ0) is 22.6. The zero-order valence-corrected chi connectivity index (χ0v) is 19.4. The number of fused-ring (bicyclic) bond motifs is 1. The molecule has 1 fully saturated rings. The van der Waals surface area contributed by atoms with Gasteiger partial charge in [0.25, 0.3) is 0 Å². The lowest BCUT2D eigenvalue weighted by Crippen LogP contribution is -2.25. The lowest BCUT2D eigenvalue weighted by Gasteiger charge is -2.31. The van der Waals surface area contributed by atoms with Crippen molar-refractivity contribution < 1.29 is 14.3 Å². The lowest BCUT2D eigenvalue weighted by molar-refractivity contribution is -0.118. The van der Waals surface area contributed by atoms with Crippen LogP contribution in [0.15, 0.2) is 47.9 Å². The topological polar surface area (TPSA) is 91.2 Å². The number of hydrogen-bond donors (Lipinski definition) is 1. The number of hydrogen-bond acceptors (Lipinski definition) is 7. The van der Waals surface area contributed by atoms with Gasteiger partial charge in [-0.15, -0.1) is 10.2 Å². The number of ether oxygens (including phenoxy) is 2. The van der Waals surface area contributed by atoms with E-state index in [0.29, 0.717) is 24.3 Å². The summed E-state index contributed by atoms with van der Waals surface area (Å²) in [6, 6.07) is 9.94. The molecule has 1 aliphatic carbocycles. The summed E-state index contributed by atoms with van der Waals surface area (Å²) in [7, 11) is 0. The number of thioether (sulfide) groups is 1. The van der Waals surface area contributed by atoms with Crippen LogP contribution in [0.1, 0.15) is 44.2 Å². The third-order valence-corrected chi connectivity index (χ3v) is 7.18. The Morgan fingerprint density at radius 2 is 2.06 bits per heavy atom. The van der Waals surface area contributed by atoms with Gasteiger partial charge in [-0.1, -0.05) is 37.6 Å². The number of carbonyl (C=O) groups excluding carboxylic acids is 1. The highest BCUT2D eigenvalue weighted by Gasteiger charge is 2.29. The maximum atomic E-state index is 12.6. The molecule has 1 saturated carbocycles. The summed E-state index contributed by atoms with van der Waals surface area (Å²) in [5, 5.41) is 12.7. The van der Waals surface area contributed by atoms with Crippen molar-refractivity contribution in [3.63, 3.8) is 0 Å². The molecule has 1 aliphatic heterocycles. The molecule has 3 heterocycles. The Labute approximate surface area is 197 Å². The van der Waals surface area contributed by atoms with Crippen molar-refractivity contribution in [2.45, 2.75) is 50.4 Å². The molecule has 1 N–H and O–H groups in total. The molecule has 5 rings (SSSR count). The summed E-state index contributed by atoms with van der Waals surface area (Å²) < 4.78 is 13.0. The number of benzene rings is 1. The molecule has 2 aromatic heterocycles. The van der Waals surface area contributed by atoms with E-state index >= 15 is 0 Å². The van der Waals surface area contributed by atoms with Gasteiger partial charge in [-0.3, -0.25) is 14.3 Å². The lowest BCUT2D eigenvalue weighted by atomic mass is 9.85. The van der Waals surface area contributed by atoms with Gasteiger partial charge >= 0.3 is 0 Å². The first-order valence-corrected chi connectivity index (χ1v) is 12.3. The smallest absolute Gasteiger partial charge is 0.231 e. The largest absolute Gasteiger partial charge is 0.454 e. The number of nitrogens with one attached hydrogen (secondary N) is 1. The minimum absolute atomic E-state index is 0.0492. The van der Waals surface area contributed by atoms with E-state index in [1.807, 2.05) is 36.5 Å². The molecule has 0 spiro atoms. The van der Waals surface area contributed by atoms with Crippen LogP contribution in [0.3, 0.4) is 0 Å². The van der Waals surface area contributed by atoms with Crippen LogP contribution in [-0.4, -0.2) is 38.2 Å². The van der Waals surface area contributed by atoms with Crippen molar-refractivity contribution in [2.75, 3.05) is 12.5 Å². The summed E-state index contributed by atoms with van der Waals surface area (Å²) in [6.45, 7) is 2.97. The van der Waals surface area contributed by atoms with E-state index in [9.17, 15) is 4.79 Å². The van der Waals surface area contributed by atoms with Gasteiger partial charge in [-0.25, -0.2) is 0 Å². The molecule has 3 aromatic rings. The molecule has 9 heteroatoms. The normalized spacial score (nSPS) is 19.4.